The molecule has 0 aromatic carbocycles. The topological polar surface area (TPSA) is 119 Å². The minimum absolute atomic E-state index is 0.0865. The van der Waals surface area contributed by atoms with Crippen molar-refractivity contribution in [2.45, 2.75) is 37.5 Å². The Kier molecular flexibility index (Phi) is 4.61. The first-order chi connectivity index (χ1) is 9.55. The maximum Gasteiger partial charge on any atom is 0.332 e. The summed E-state index contributed by atoms with van der Waals surface area (Å²) in [6.45, 7) is 1.57. The fourth-order valence-electron chi connectivity index (χ4n) is 2.43. The van der Waals surface area contributed by atoms with Gasteiger partial charge in [0.15, 0.2) is 0 Å². The van der Waals surface area contributed by atoms with E-state index in [1.54, 1.807) is 6.92 Å². The van der Waals surface area contributed by atoms with Crippen molar-refractivity contribution in [1.29, 1.82) is 0 Å². The van der Waals surface area contributed by atoms with E-state index in [0.29, 0.717) is 10.9 Å². The summed E-state index contributed by atoms with van der Waals surface area (Å²) < 4.78 is 0. The van der Waals surface area contributed by atoms with Crippen LogP contribution in [-0.4, -0.2) is 32.4 Å². The third kappa shape index (κ3) is 3.10. The van der Waals surface area contributed by atoms with Crippen molar-refractivity contribution in [1.82, 2.24) is 9.97 Å². The van der Waals surface area contributed by atoms with E-state index < -0.39 is 4.92 Å². The Morgan fingerprint density at radius 3 is 2.75 bits per heavy atom. The third-order valence-corrected chi connectivity index (χ3v) is 4.52. The highest BCUT2D eigenvalue weighted by atomic mass is 32.2. The number of thioether (sulfide) groups is 1. The zero-order valence-electron chi connectivity index (χ0n) is 11.4. The molecule has 1 aliphatic rings. The first-order valence-corrected chi connectivity index (χ1v) is 7.63. The summed E-state index contributed by atoms with van der Waals surface area (Å²) >= 11 is 1.83. The molecule has 1 aromatic heterocycles. The molecule has 1 fully saturated rings. The summed E-state index contributed by atoms with van der Waals surface area (Å²) in [6.07, 6.45) is 5.16. The first-order valence-electron chi connectivity index (χ1n) is 6.34. The second-order valence-corrected chi connectivity index (χ2v) is 5.88. The van der Waals surface area contributed by atoms with Crippen LogP contribution >= 0.6 is 11.8 Å². The molecule has 0 bridgehead atoms. The van der Waals surface area contributed by atoms with Gasteiger partial charge in [0.2, 0.25) is 11.8 Å². The summed E-state index contributed by atoms with van der Waals surface area (Å²) in [5.74, 6) is 5.70. The van der Waals surface area contributed by atoms with E-state index >= 15 is 0 Å². The number of nitro groups is 1. The Balaban J connectivity index is 2.25. The van der Waals surface area contributed by atoms with Gasteiger partial charge in [0, 0.05) is 11.3 Å². The van der Waals surface area contributed by atoms with Crippen molar-refractivity contribution < 1.29 is 4.92 Å². The predicted octanol–water partition coefficient (Wildman–Crippen LogP) is 1.67. The van der Waals surface area contributed by atoms with Crippen LogP contribution in [0.2, 0.25) is 0 Å². The van der Waals surface area contributed by atoms with Crippen LogP contribution in [0.3, 0.4) is 0 Å². The van der Waals surface area contributed by atoms with Crippen molar-refractivity contribution in [2.24, 2.45) is 5.84 Å². The van der Waals surface area contributed by atoms with Crippen LogP contribution in [0, 0.1) is 17.0 Å². The molecule has 0 saturated heterocycles. The Hall–Kier alpha value is -1.61. The van der Waals surface area contributed by atoms with Crippen LogP contribution in [-0.2, 0) is 0 Å². The van der Waals surface area contributed by atoms with E-state index in [2.05, 4.69) is 27.0 Å². The SMILES string of the molecule is CSC1CCC(Nc2nc(NN)nc(C)c2[N+](=O)[O-])C1. The predicted molar refractivity (Wildman–Crippen MR) is 79.8 cm³/mol. The van der Waals surface area contributed by atoms with Crippen molar-refractivity contribution in [2.75, 3.05) is 17.0 Å². The van der Waals surface area contributed by atoms with Gasteiger partial charge < -0.3 is 5.32 Å². The highest BCUT2D eigenvalue weighted by Crippen LogP contribution is 2.33. The van der Waals surface area contributed by atoms with Gasteiger partial charge in [0.05, 0.1) is 4.92 Å². The molecular weight excluding hydrogens is 280 g/mol. The maximum absolute atomic E-state index is 11.2. The summed E-state index contributed by atoms with van der Waals surface area (Å²) in [7, 11) is 0. The van der Waals surface area contributed by atoms with Gasteiger partial charge >= 0.3 is 5.69 Å². The summed E-state index contributed by atoms with van der Waals surface area (Å²) in [4.78, 5) is 18.7. The average Bonchev–Trinajstić information content (AvgIpc) is 2.85. The minimum atomic E-state index is -0.459. The van der Waals surface area contributed by atoms with Gasteiger partial charge in [-0.15, -0.1) is 0 Å². The standard InChI is InChI=1S/C11H18N6O2S/c1-6-9(17(18)19)10(15-11(13-6)16-12)14-7-3-4-8(5-7)20-2/h7-8H,3-5,12H2,1-2H3,(H2,13,14,15,16). The van der Waals surface area contributed by atoms with Crippen LogP contribution in [0.5, 0.6) is 0 Å². The van der Waals surface area contributed by atoms with E-state index in [4.69, 9.17) is 5.84 Å². The maximum atomic E-state index is 11.2. The molecule has 2 atom stereocenters. The van der Waals surface area contributed by atoms with E-state index in [9.17, 15) is 10.1 Å². The molecule has 1 saturated carbocycles. The van der Waals surface area contributed by atoms with Gasteiger partial charge in [0.25, 0.3) is 0 Å². The lowest BCUT2D eigenvalue weighted by atomic mass is 10.2. The number of nitrogens with one attached hydrogen (secondary N) is 2. The zero-order chi connectivity index (χ0) is 14.7. The summed E-state index contributed by atoms with van der Waals surface area (Å²) in [6, 6.07) is 0.200. The number of aromatic nitrogens is 2. The fourth-order valence-corrected chi connectivity index (χ4v) is 3.23. The van der Waals surface area contributed by atoms with Crippen molar-refractivity contribution >= 4 is 29.2 Å². The van der Waals surface area contributed by atoms with Gasteiger partial charge in [0.1, 0.15) is 5.69 Å². The van der Waals surface area contributed by atoms with Crippen LogP contribution in [0.4, 0.5) is 17.5 Å². The molecular formula is C11H18N6O2S. The molecule has 0 aliphatic heterocycles. The molecule has 110 valence electrons. The Bertz CT molecular complexity index is 512. The number of aryl methyl sites for hydroxylation is 1. The number of hydrogen-bond acceptors (Lipinski definition) is 8. The Labute approximate surface area is 121 Å². The normalized spacial score (nSPS) is 21.8. The molecule has 1 heterocycles. The van der Waals surface area contributed by atoms with Gasteiger partial charge in [-0.1, -0.05) is 0 Å². The quantitative estimate of drug-likeness (QED) is 0.426. The van der Waals surface area contributed by atoms with Crippen LogP contribution in [0.15, 0.2) is 0 Å². The van der Waals surface area contributed by atoms with E-state index in [0.717, 1.165) is 19.3 Å². The number of nitrogens with zero attached hydrogens (tertiary/aromatic N) is 3. The van der Waals surface area contributed by atoms with E-state index in [-0.39, 0.29) is 23.5 Å². The van der Waals surface area contributed by atoms with Gasteiger partial charge in [-0.05, 0) is 32.4 Å². The monoisotopic (exact) mass is 298 g/mol. The van der Waals surface area contributed by atoms with Crippen LogP contribution < -0.4 is 16.6 Å². The molecule has 0 radical (unpaired) electrons. The molecule has 2 rings (SSSR count). The second kappa shape index (κ2) is 6.23. The molecule has 0 spiro atoms. The third-order valence-electron chi connectivity index (χ3n) is 3.43. The number of hydrogen-bond donors (Lipinski definition) is 3. The molecule has 9 heteroatoms. The number of rotatable bonds is 5. The van der Waals surface area contributed by atoms with Crippen LogP contribution in [0.25, 0.3) is 0 Å². The van der Waals surface area contributed by atoms with Gasteiger partial charge in [-0.2, -0.15) is 16.7 Å². The van der Waals surface area contributed by atoms with Crippen molar-refractivity contribution in [3.63, 3.8) is 0 Å². The smallest absolute Gasteiger partial charge is 0.332 e. The Morgan fingerprint density at radius 1 is 1.45 bits per heavy atom. The lowest BCUT2D eigenvalue weighted by Gasteiger charge is -2.14. The average molecular weight is 298 g/mol. The highest BCUT2D eigenvalue weighted by Gasteiger charge is 2.28. The largest absolute Gasteiger partial charge is 0.361 e. The first kappa shape index (κ1) is 14.8. The van der Waals surface area contributed by atoms with E-state index in [1.165, 1.54) is 0 Å². The van der Waals surface area contributed by atoms with Gasteiger partial charge in [-0.3, -0.25) is 15.5 Å². The molecule has 1 aliphatic carbocycles. The fraction of sp³-hybridized carbons (Fsp3) is 0.636. The molecule has 20 heavy (non-hydrogen) atoms. The Morgan fingerprint density at radius 2 is 2.20 bits per heavy atom. The molecule has 0 amide bonds. The molecule has 4 N–H and O–H groups in total. The lowest BCUT2D eigenvalue weighted by Crippen LogP contribution is -2.20. The molecule has 2 unspecified atom stereocenters. The van der Waals surface area contributed by atoms with Crippen LogP contribution in [0.1, 0.15) is 25.0 Å². The molecule has 8 nitrogen and oxygen atoms in total. The minimum Gasteiger partial charge on any atom is -0.361 e. The van der Waals surface area contributed by atoms with Crippen molar-refractivity contribution in [3.8, 4) is 0 Å². The zero-order valence-corrected chi connectivity index (χ0v) is 12.2. The summed E-state index contributed by atoms with van der Waals surface area (Å²) in [5, 5.41) is 14.9. The van der Waals surface area contributed by atoms with Crippen molar-refractivity contribution in [3.05, 3.63) is 15.8 Å². The lowest BCUT2D eigenvalue weighted by molar-refractivity contribution is -0.385. The number of hydrazine groups is 1. The molecule has 1 aromatic rings. The number of nitrogens with two attached hydrogens (primary N) is 1. The highest BCUT2D eigenvalue weighted by molar-refractivity contribution is 7.99. The number of nitrogen functional groups attached to an aromatic ring is 1. The van der Waals surface area contributed by atoms with E-state index in [1.807, 2.05) is 11.8 Å². The van der Waals surface area contributed by atoms with Gasteiger partial charge in [-0.25, -0.2) is 10.8 Å². The number of anilines is 2. The second-order valence-electron chi connectivity index (χ2n) is 4.74. The summed E-state index contributed by atoms with van der Waals surface area (Å²) in [5.41, 5.74) is 2.54.